The molecule has 6 heteroatoms. The van der Waals surface area contributed by atoms with Crippen LogP contribution < -0.4 is 5.32 Å². The van der Waals surface area contributed by atoms with Gasteiger partial charge in [0, 0.05) is 0 Å². The fraction of sp³-hybridized carbons (Fsp3) is 0.538. The first-order valence-corrected chi connectivity index (χ1v) is 7.26. The molecule has 0 unspecified atom stereocenters. The van der Waals surface area contributed by atoms with Crippen LogP contribution in [0.5, 0.6) is 0 Å². The lowest BCUT2D eigenvalue weighted by Gasteiger charge is -2.25. The fourth-order valence-electron chi connectivity index (χ4n) is 2.16. The number of methoxy groups -OCH3 is 1. The van der Waals surface area contributed by atoms with E-state index in [1.54, 1.807) is 11.4 Å². The van der Waals surface area contributed by atoms with Crippen LogP contribution in [-0.2, 0) is 9.53 Å². The highest BCUT2D eigenvalue weighted by Crippen LogP contribution is 2.23. The summed E-state index contributed by atoms with van der Waals surface area (Å²) >= 11 is 1.33. The fourth-order valence-corrected chi connectivity index (χ4v) is 2.95. The van der Waals surface area contributed by atoms with Crippen LogP contribution in [0.25, 0.3) is 0 Å². The molecule has 1 aromatic rings. The zero-order valence-corrected chi connectivity index (χ0v) is 11.8. The summed E-state index contributed by atoms with van der Waals surface area (Å²) in [5.74, 6) is -0.496. The minimum atomic E-state index is -0.422. The van der Waals surface area contributed by atoms with E-state index in [0.717, 1.165) is 25.9 Å². The first-order chi connectivity index (χ1) is 9.20. The third kappa shape index (κ3) is 3.78. The van der Waals surface area contributed by atoms with Gasteiger partial charge in [-0.2, -0.15) is 0 Å². The summed E-state index contributed by atoms with van der Waals surface area (Å²) < 4.78 is 4.67. The number of carbonyl (C=O) groups excluding carboxylic acids is 2. The molecule has 1 N–H and O–H groups in total. The van der Waals surface area contributed by atoms with E-state index in [9.17, 15) is 9.59 Å². The Kier molecular flexibility index (Phi) is 4.93. The Balaban J connectivity index is 1.91. The Morgan fingerprint density at radius 3 is 2.79 bits per heavy atom. The summed E-state index contributed by atoms with van der Waals surface area (Å²) in [7, 11) is 1.33. The predicted molar refractivity (Wildman–Crippen MR) is 74.6 cm³/mol. The van der Waals surface area contributed by atoms with Gasteiger partial charge in [-0.05, 0) is 37.4 Å². The van der Waals surface area contributed by atoms with Crippen molar-refractivity contribution in [3.05, 3.63) is 17.0 Å². The van der Waals surface area contributed by atoms with Crippen LogP contribution in [0.15, 0.2) is 11.4 Å². The third-order valence-electron chi connectivity index (χ3n) is 3.14. The number of rotatable bonds is 4. The molecule has 2 heterocycles. The van der Waals surface area contributed by atoms with Crippen LogP contribution in [0.3, 0.4) is 0 Å². The smallest absolute Gasteiger partial charge is 0.340 e. The highest BCUT2D eigenvalue weighted by molar-refractivity contribution is 7.14. The molecule has 104 valence electrons. The second kappa shape index (κ2) is 6.68. The lowest BCUT2D eigenvalue weighted by atomic mass is 10.1. The normalized spacial score (nSPS) is 16.1. The molecule has 0 spiro atoms. The minimum Gasteiger partial charge on any atom is -0.465 e. The van der Waals surface area contributed by atoms with Crippen LogP contribution in [0, 0.1) is 0 Å². The number of likely N-dealkylation sites (tertiary alicyclic amines) is 1. The van der Waals surface area contributed by atoms with Crippen molar-refractivity contribution in [1.29, 1.82) is 0 Å². The van der Waals surface area contributed by atoms with Crippen molar-refractivity contribution in [1.82, 2.24) is 4.90 Å². The van der Waals surface area contributed by atoms with Crippen LogP contribution in [0.1, 0.15) is 29.6 Å². The maximum absolute atomic E-state index is 11.9. The predicted octanol–water partition coefficient (Wildman–Crippen LogP) is 1.96. The Morgan fingerprint density at radius 1 is 1.37 bits per heavy atom. The molecule has 1 aromatic heterocycles. The molecular weight excluding hydrogens is 264 g/mol. The molecule has 1 saturated heterocycles. The number of carbonyl (C=O) groups is 2. The summed E-state index contributed by atoms with van der Waals surface area (Å²) in [4.78, 5) is 25.6. The summed E-state index contributed by atoms with van der Waals surface area (Å²) in [6.45, 7) is 2.34. The van der Waals surface area contributed by atoms with Crippen molar-refractivity contribution in [3.8, 4) is 0 Å². The van der Waals surface area contributed by atoms with Gasteiger partial charge in [0.15, 0.2) is 0 Å². The first kappa shape index (κ1) is 14.0. The van der Waals surface area contributed by atoms with Crippen molar-refractivity contribution < 1.29 is 14.3 Å². The molecule has 1 aliphatic heterocycles. The number of esters is 1. The van der Waals surface area contributed by atoms with E-state index in [4.69, 9.17) is 0 Å². The lowest BCUT2D eigenvalue weighted by Crippen LogP contribution is -2.36. The zero-order valence-electron chi connectivity index (χ0n) is 11.0. The molecule has 0 aromatic carbocycles. The largest absolute Gasteiger partial charge is 0.465 e. The van der Waals surface area contributed by atoms with Crippen LogP contribution in [-0.4, -0.2) is 43.5 Å². The maximum atomic E-state index is 11.9. The molecule has 1 aliphatic rings. The van der Waals surface area contributed by atoms with Crippen molar-refractivity contribution >= 4 is 28.2 Å². The summed E-state index contributed by atoms with van der Waals surface area (Å²) in [6, 6.07) is 1.66. The van der Waals surface area contributed by atoms with E-state index in [1.807, 2.05) is 0 Å². The number of thiophene rings is 1. The summed E-state index contributed by atoms with van der Waals surface area (Å²) in [5, 5.41) is 5.12. The van der Waals surface area contributed by atoms with Gasteiger partial charge >= 0.3 is 5.97 Å². The average Bonchev–Trinajstić information content (AvgIpc) is 2.87. The van der Waals surface area contributed by atoms with Gasteiger partial charge in [-0.15, -0.1) is 11.3 Å². The Morgan fingerprint density at radius 2 is 2.11 bits per heavy atom. The van der Waals surface area contributed by atoms with Crippen molar-refractivity contribution in [2.24, 2.45) is 0 Å². The number of hydrogen-bond acceptors (Lipinski definition) is 5. The van der Waals surface area contributed by atoms with Gasteiger partial charge in [-0.25, -0.2) is 4.79 Å². The van der Waals surface area contributed by atoms with E-state index in [2.05, 4.69) is 15.0 Å². The molecule has 0 radical (unpaired) electrons. The van der Waals surface area contributed by atoms with Crippen LogP contribution in [0.2, 0.25) is 0 Å². The maximum Gasteiger partial charge on any atom is 0.340 e. The Labute approximate surface area is 116 Å². The average molecular weight is 282 g/mol. The first-order valence-electron chi connectivity index (χ1n) is 6.38. The monoisotopic (exact) mass is 282 g/mol. The molecule has 0 bridgehead atoms. The number of anilines is 1. The Bertz CT molecular complexity index is 452. The van der Waals surface area contributed by atoms with Crippen LogP contribution in [0.4, 0.5) is 5.00 Å². The van der Waals surface area contributed by atoms with Gasteiger partial charge in [-0.3, -0.25) is 9.69 Å². The molecule has 5 nitrogen and oxygen atoms in total. The van der Waals surface area contributed by atoms with E-state index < -0.39 is 5.97 Å². The second-order valence-corrected chi connectivity index (χ2v) is 5.46. The molecule has 0 aliphatic carbocycles. The highest BCUT2D eigenvalue weighted by Gasteiger charge is 2.18. The molecular formula is C13H18N2O3S. The molecule has 0 atom stereocenters. The van der Waals surface area contributed by atoms with E-state index in [0.29, 0.717) is 17.1 Å². The molecule has 0 saturated carbocycles. The number of piperidine rings is 1. The third-order valence-corrected chi connectivity index (χ3v) is 3.97. The van der Waals surface area contributed by atoms with Gasteiger partial charge in [0.05, 0.1) is 19.2 Å². The highest BCUT2D eigenvalue weighted by atomic mass is 32.1. The molecule has 1 amide bonds. The van der Waals surface area contributed by atoms with Crippen molar-refractivity contribution in [2.45, 2.75) is 19.3 Å². The van der Waals surface area contributed by atoms with Crippen LogP contribution >= 0.6 is 11.3 Å². The summed E-state index contributed by atoms with van der Waals surface area (Å²) in [5.41, 5.74) is 0.416. The van der Waals surface area contributed by atoms with Gasteiger partial charge in [-0.1, -0.05) is 6.42 Å². The SMILES string of the molecule is COC(=O)c1ccsc1NC(=O)CN1CCCCC1. The standard InChI is InChI=1S/C13H18N2O3S/c1-18-13(17)10-5-8-19-12(10)14-11(16)9-15-6-3-2-4-7-15/h5,8H,2-4,6-7,9H2,1H3,(H,14,16). The number of ether oxygens (including phenoxy) is 1. The van der Waals surface area contributed by atoms with Gasteiger partial charge < -0.3 is 10.1 Å². The number of hydrogen-bond donors (Lipinski definition) is 1. The van der Waals surface area contributed by atoms with E-state index in [1.165, 1.54) is 24.9 Å². The lowest BCUT2D eigenvalue weighted by molar-refractivity contribution is -0.117. The minimum absolute atomic E-state index is 0.0745. The molecule has 19 heavy (non-hydrogen) atoms. The van der Waals surface area contributed by atoms with Crippen molar-refractivity contribution in [2.75, 3.05) is 32.1 Å². The number of amides is 1. The Hall–Kier alpha value is -1.40. The number of nitrogens with one attached hydrogen (secondary N) is 1. The van der Waals surface area contributed by atoms with E-state index in [-0.39, 0.29) is 5.91 Å². The van der Waals surface area contributed by atoms with E-state index >= 15 is 0 Å². The second-order valence-electron chi connectivity index (χ2n) is 4.54. The van der Waals surface area contributed by atoms with Crippen molar-refractivity contribution in [3.63, 3.8) is 0 Å². The topological polar surface area (TPSA) is 58.6 Å². The molecule has 2 rings (SSSR count). The van der Waals surface area contributed by atoms with Gasteiger partial charge in [0.1, 0.15) is 5.00 Å². The van der Waals surface area contributed by atoms with Gasteiger partial charge in [0.2, 0.25) is 5.91 Å². The zero-order chi connectivity index (χ0) is 13.7. The molecule has 1 fully saturated rings. The van der Waals surface area contributed by atoms with Gasteiger partial charge in [0.25, 0.3) is 0 Å². The number of nitrogens with zero attached hydrogens (tertiary/aromatic N) is 1. The quantitative estimate of drug-likeness (QED) is 0.858. The summed E-state index contributed by atoms with van der Waals surface area (Å²) in [6.07, 6.45) is 3.55.